The molecule has 2 rings (SSSR count). The zero-order valence-electron chi connectivity index (χ0n) is 13.0. The molecule has 0 aliphatic carbocycles. The summed E-state index contributed by atoms with van der Waals surface area (Å²) in [5.74, 6) is -0.105. The Kier molecular flexibility index (Phi) is 5.72. The average Bonchev–Trinajstić information content (AvgIpc) is 3.06. The van der Waals surface area contributed by atoms with E-state index in [1.807, 2.05) is 17.5 Å². The Morgan fingerprint density at radius 3 is 2.74 bits per heavy atom. The molecule has 23 heavy (non-hydrogen) atoms. The van der Waals surface area contributed by atoms with Crippen molar-refractivity contribution in [2.45, 2.75) is 12.5 Å². The van der Waals surface area contributed by atoms with Crippen molar-refractivity contribution in [1.82, 2.24) is 5.32 Å². The van der Waals surface area contributed by atoms with Gasteiger partial charge in [0.1, 0.15) is 5.75 Å². The zero-order valence-corrected chi connectivity index (χ0v) is 13.8. The molecule has 6 nitrogen and oxygen atoms in total. The van der Waals surface area contributed by atoms with Crippen LogP contribution in [0.4, 0.5) is 5.69 Å². The Morgan fingerprint density at radius 1 is 1.35 bits per heavy atom. The summed E-state index contributed by atoms with van der Waals surface area (Å²) in [5, 5.41) is 7.20. The molecule has 2 aromatic rings. The summed E-state index contributed by atoms with van der Waals surface area (Å²) in [7, 11) is 3.04. The molecule has 0 fully saturated rings. The fourth-order valence-corrected chi connectivity index (χ4v) is 2.82. The number of nitrogens with one attached hydrogen (secondary N) is 2. The van der Waals surface area contributed by atoms with Crippen LogP contribution in [-0.4, -0.2) is 32.0 Å². The van der Waals surface area contributed by atoms with E-state index in [4.69, 9.17) is 10.5 Å². The molecule has 0 bridgehead atoms. The Hall–Kier alpha value is -2.38. The van der Waals surface area contributed by atoms with E-state index in [0.717, 1.165) is 4.88 Å². The molecule has 0 spiro atoms. The van der Waals surface area contributed by atoms with Crippen LogP contribution in [0.3, 0.4) is 0 Å². The number of anilines is 1. The SMILES string of the molecule is CNC(=O)c1ccc(OC)c(NC(=O)C(N)Cc2cccs2)c1. The normalized spacial score (nSPS) is 11.6. The minimum absolute atomic E-state index is 0.244. The molecular formula is C16H19N3O3S. The van der Waals surface area contributed by atoms with E-state index in [1.165, 1.54) is 7.11 Å². The lowest BCUT2D eigenvalue weighted by molar-refractivity contribution is -0.117. The van der Waals surface area contributed by atoms with Crippen LogP contribution in [0.5, 0.6) is 5.75 Å². The van der Waals surface area contributed by atoms with Crippen molar-refractivity contribution in [3.63, 3.8) is 0 Å². The molecular weight excluding hydrogens is 314 g/mol. The molecule has 4 N–H and O–H groups in total. The van der Waals surface area contributed by atoms with Crippen molar-refractivity contribution in [2.24, 2.45) is 5.73 Å². The molecule has 1 heterocycles. The first-order valence-electron chi connectivity index (χ1n) is 7.04. The van der Waals surface area contributed by atoms with Gasteiger partial charge in [-0.25, -0.2) is 0 Å². The number of hydrogen-bond donors (Lipinski definition) is 3. The van der Waals surface area contributed by atoms with Gasteiger partial charge >= 0.3 is 0 Å². The first-order valence-corrected chi connectivity index (χ1v) is 7.92. The van der Waals surface area contributed by atoms with Crippen LogP contribution in [0.2, 0.25) is 0 Å². The van der Waals surface area contributed by atoms with Crippen LogP contribution in [0.25, 0.3) is 0 Å². The first-order chi connectivity index (χ1) is 11.0. The molecule has 1 aromatic carbocycles. The Morgan fingerprint density at radius 2 is 2.13 bits per heavy atom. The van der Waals surface area contributed by atoms with Crippen molar-refractivity contribution >= 4 is 28.8 Å². The van der Waals surface area contributed by atoms with E-state index < -0.39 is 6.04 Å². The van der Waals surface area contributed by atoms with Crippen LogP contribution >= 0.6 is 11.3 Å². The molecule has 1 unspecified atom stereocenters. The second kappa shape index (κ2) is 7.75. The number of thiophene rings is 1. The van der Waals surface area contributed by atoms with Crippen molar-refractivity contribution in [2.75, 3.05) is 19.5 Å². The van der Waals surface area contributed by atoms with Crippen LogP contribution < -0.4 is 21.1 Å². The first kappa shape index (κ1) is 17.0. The smallest absolute Gasteiger partial charge is 0.251 e. The maximum absolute atomic E-state index is 12.3. The largest absolute Gasteiger partial charge is 0.495 e. The van der Waals surface area contributed by atoms with Crippen LogP contribution in [0.15, 0.2) is 35.7 Å². The summed E-state index contributed by atoms with van der Waals surface area (Å²) in [5.41, 5.74) is 6.79. The highest BCUT2D eigenvalue weighted by Gasteiger charge is 2.17. The number of amides is 2. The standard InChI is InChI=1S/C16H19N3O3S/c1-18-15(20)10-5-6-14(22-2)13(8-10)19-16(21)12(17)9-11-4-3-7-23-11/h3-8,12H,9,17H2,1-2H3,(H,18,20)(H,19,21). The van der Waals surface area contributed by atoms with Crippen LogP contribution in [0, 0.1) is 0 Å². The maximum atomic E-state index is 12.3. The number of benzene rings is 1. The molecule has 1 atom stereocenters. The molecule has 0 aliphatic rings. The maximum Gasteiger partial charge on any atom is 0.251 e. The molecule has 0 radical (unpaired) electrons. The fraction of sp³-hybridized carbons (Fsp3) is 0.250. The summed E-state index contributed by atoms with van der Waals surface area (Å²) >= 11 is 1.55. The lowest BCUT2D eigenvalue weighted by Gasteiger charge is -2.15. The van der Waals surface area contributed by atoms with Gasteiger partial charge in [-0.1, -0.05) is 6.07 Å². The van der Waals surface area contributed by atoms with E-state index in [1.54, 1.807) is 36.6 Å². The summed E-state index contributed by atoms with van der Waals surface area (Å²) in [6.07, 6.45) is 0.459. The number of nitrogens with two attached hydrogens (primary N) is 1. The predicted molar refractivity (Wildman–Crippen MR) is 91.0 cm³/mol. The minimum Gasteiger partial charge on any atom is -0.495 e. The van der Waals surface area contributed by atoms with Gasteiger partial charge < -0.3 is 21.1 Å². The van der Waals surface area contributed by atoms with Crippen molar-refractivity contribution in [3.8, 4) is 5.75 Å². The van der Waals surface area contributed by atoms with E-state index in [2.05, 4.69) is 10.6 Å². The van der Waals surface area contributed by atoms with Gasteiger partial charge in [0, 0.05) is 23.9 Å². The number of rotatable bonds is 6. The van der Waals surface area contributed by atoms with E-state index >= 15 is 0 Å². The van der Waals surface area contributed by atoms with Crippen molar-refractivity contribution in [3.05, 3.63) is 46.2 Å². The summed E-state index contributed by atoms with van der Waals surface area (Å²) in [4.78, 5) is 25.0. The van der Waals surface area contributed by atoms with E-state index in [9.17, 15) is 9.59 Å². The third-order valence-corrected chi connectivity index (χ3v) is 4.18. The molecule has 2 amide bonds. The Bertz CT molecular complexity index is 686. The summed E-state index contributed by atoms with van der Waals surface area (Å²) in [6, 6.07) is 7.99. The lowest BCUT2D eigenvalue weighted by Crippen LogP contribution is -2.37. The molecule has 0 aliphatic heterocycles. The van der Waals surface area contributed by atoms with Gasteiger partial charge in [-0.05, 0) is 29.6 Å². The lowest BCUT2D eigenvalue weighted by atomic mass is 10.1. The second-order valence-electron chi connectivity index (χ2n) is 4.87. The highest BCUT2D eigenvalue weighted by molar-refractivity contribution is 7.09. The van der Waals surface area contributed by atoms with Gasteiger partial charge in [0.05, 0.1) is 18.8 Å². The molecule has 0 saturated carbocycles. The topological polar surface area (TPSA) is 93.5 Å². The number of hydrogen-bond acceptors (Lipinski definition) is 5. The highest BCUT2D eigenvalue weighted by Crippen LogP contribution is 2.26. The minimum atomic E-state index is -0.679. The Balaban J connectivity index is 2.13. The quantitative estimate of drug-likeness (QED) is 0.749. The second-order valence-corrected chi connectivity index (χ2v) is 5.91. The number of ether oxygens (including phenoxy) is 1. The van der Waals surface area contributed by atoms with Gasteiger partial charge in [-0.2, -0.15) is 0 Å². The van der Waals surface area contributed by atoms with Gasteiger partial charge in [0.15, 0.2) is 0 Å². The van der Waals surface area contributed by atoms with Crippen molar-refractivity contribution < 1.29 is 14.3 Å². The number of carbonyl (C=O) groups excluding carboxylic acids is 2. The average molecular weight is 333 g/mol. The third-order valence-electron chi connectivity index (χ3n) is 3.28. The Labute approximate surface area is 138 Å². The van der Waals surface area contributed by atoms with E-state index in [-0.39, 0.29) is 11.8 Å². The molecule has 1 aromatic heterocycles. The van der Waals surface area contributed by atoms with Crippen LogP contribution in [0.1, 0.15) is 15.2 Å². The molecule has 0 saturated heterocycles. The summed E-state index contributed by atoms with van der Waals surface area (Å²) < 4.78 is 5.22. The van der Waals surface area contributed by atoms with E-state index in [0.29, 0.717) is 23.4 Å². The number of methoxy groups -OCH3 is 1. The predicted octanol–water partition coefficient (Wildman–Crippen LogP) is 1.62. The van der Waals surface area contributed by atoms with Crippen LogP contribution in [-0.2, 0) is 11.2 Å². The fourth-order valence-electron chi connectivity index (χ4n) is 2.05. The van der Waals surface area contributed by atoms with Gasteiger partial charge in [0.2, 0.25) is 5.91 Å². The monoisotopic (exact) mass is 333 g/mol. The van der Waals surface area contributed by atoms with Gasteiger partial charge in [-0.3, -0.25) is 9.59 Å². The third kappa shape index (κ3) is 4.30. The molecule has 7 heteroatoms. The molecule has 122 valence electrons. The highest BCUT2D eigenvalue weighted by atomic mass is 32.1. The van der Waals surface area contributed by atoms with Gasteiger partial charge in [-0.15, -0.1) is 11.3 Å². The van der Waals surface area contributed by atoms with Crippen molar-refractivity contribution in [1.29, 1.82) is 0 Å². The zero-order chi connectivity index (χ0) is 16.8. The summed E-state index contributed by atoms with van der Waals surface area (Å²) in [6.45, 7) is 0. The van der Waals surface area contributed by atoms with Gasteiger partial charge in [0.25, 0.3) is 5.91 Å². The number of carbonyl (C=O) groups is 2.